The van der Waals surface area contributed by atoms with Gasteiger partial charge >= 0.3 is 0 Å². The number of piperidine rings is 1. The van der Waals surface area contributed by atoms with Gasteiger partial charge in [-0.1, -0.05) is 24.3 Å². The van der Waals surface area contributed by atoms with Gasteiger partial charge in [0.2, 0.25) is 0 Å². The van der Waals surface area contributed by atoms with Gasteiger partial charge in [-0.15, -0.1) is 0 Å². The number of anilines is 1. The van der Waals surface area contributed by atoms with E-state index in [4.69, 9.17) is 0 Å². The number of fused-ring (bicyclic) bond motifs is 1. The van der Waals surface area contributed by atoms with Gasteiger partial charge in [-0.3, -0.25) is 0 Å². The Balaban J connectivity index is 1.88. The van der Waals surface area contributed by atoms with Gasteiger partial charge in [0.15, 0.2) is 0 Å². The summed E-state index contributed by atoms with van der Waals surface area (Å²) in [7, 11) is 0. The maximum atomic E-state index is 4.56. The van der Waals surface area contributed by atoms with Gasteiger partial charge in [-0.2, -0.15) is 0 Å². The maximum absolute atomic E-state index is 4.56. The zero-order chi connectivity index (χ0) is 15.1. The highest BCUT2D eigenvalue weighted by Gasteiger charge is 2.37. The second kappa shape index (κ2) is 4.99. The average molecular weight is 283 g/mol. The van der Waals surface area contributed by atoms with E-state index in [1.165, 1.54) is 10.8 Å². The Kier molecular flexibility index (Phi) is 3.40. The first-order valence-electron chi connectivity index (χ1n) is 7.74. The van der Waals surface area contributed by atoms with E-state index in [0.29, 0.717) is 6.04 Å². The first-order chi connectivity index (χ1) is 9.85. The van der Waals surface area contributed by atoms with Gasteiger partial charge in [0.05, 0.1) is 0 Å². The molecule has 0 atom stereocenters. The Morgan fingerprint density at radius 2 is 1.71 bits per heavy atom. The first kappa shape index (κ1) is 14.3. The van der Waals surface area contributed by atoms with Gasteiger partial charge in [0, 0.05) is 28.7 Å². The minimum atomic E-state index is 0.143. The molecule has 1 aromatic heterocycles. The lowest BCUT2D eigenvalue weighted by molar-refractivity contribution is 0.170. The Morgan fingerprint density at radius 3 is 2.43 bits per heavy atom. The Hall–Kier alpha value is -1.61. The molecule has 0 aliphatic carbocycles. The van der Waals surface area contributed by atoms with Crippen LogP contribution in [0.1, 0.15) is 40.5 Å². The van der Waals surface area contributed by atoms with Crippen LogP contribution < -0.4 is 10.6 Å². The number of rotatable bonds is 2. The first-order valence-corrected chi connectivity index (χ1v) is 7.74. The molecule has 3 rings (SSSR count). The summed E-state index contributed by atoms with van der Waals surface area (Å²) in [6.45, 7) is 9.11. The van der Waals surface area contributed by atoms with Crippen molar-refractivity contribution in [2.45, 2.75) is 57.7 Å². The summed E-state index contributed by atoms with van der Waals surface area (Å²) in [5.41, 5.74) is 0.286. The lowest BCUT2D eigenvalue weighted by Gasteiger charge is -2.46. The predicted octanol–water partition coefficient (Wildman–Crippen LogP) is 3.96. The highest BCUT2D eigenvalue weighted by molar-refractivity contribution is 5.91. The summed E-state index contributed by atoms with van der Waals surface area (Å²) in [6, 6.07) is 10.9. The lowest BCUT2D eigenvalue weighted by Crippen LogP contribution is -2.60. The Morgan fingerprint density at radius 1 is 1.05 bits per heavy atom. The van der Waals surface area contributed by atoms with Gasteiger partial charge in [0.1, 0.15) is 5.82 Å². The fourth-order valence-corrected chi connectivity index (χ4v) is 3.85. The lowest BCUT2D eigenvalue weighted by atomic mass is 9.79. The summed E-state index contributed by atoms with van der Waals surface area (Å²) in [4.78, 5) is 4.56. The molecule has 0 saturated carbocycles. The minimum Gasteiger partial charge on any atom is -0.367 e. The highest BCUT2D eigenvalue weighted by atomic mass is 15.1. The highest BCUT2D eigenvalue weighted by Crippen LogP contribution is 2.31. The van der Waals surface area contributed by atoms with Crippen LogP contribution in [0.2, 0.25) is 0 Å². The SMILES string of the molecule is CC1(C)CC(Nc2nccc3ccccc23)CC(C)(C)N1. The monoisotopic (exact) mass is 283 g/mol. The van der Waals surface area contributed by atoms with Crippen LogP contribution in [0, 0.1) is 0 Å². The van der Waals surface area contributed by atoms with Gasteiger partial charge in [-0.05, 0) is 52.0 Å². The molecule has 1 aliphatic rings. The van der Waals surface area contributed by atoms with E-state index >= 15 is 0 Å². The number of pyridine rings is 1. The van der Waals surface area contributed by atoms with E-state index < -0.39 is 0 Å². The van der Waals surface area contributed by atoms with Crippen LogP contribution in [0.4, 0.5) is 5.82 Å². The topological polar surface area (TPSA) is 37.0 Å². The number of aromatic nitrogens is 1. The fourth-order valence-electron chi connectivity index (χ4n) is 3.85. The Bertz CT molecular complexity index is 624. The number of hydrogen-bond donors (Lipinski definition) is 2. The van der Waals surface area contributed by atoms with Crippen molar-refractivity contribution in [2.75, 3.05) is 5.32 Å². The number of nitrogens with one attached hydrogen (secondary N) is 2. The van der Waals surface area contributed by atoms with Crippen LogP contribution in [-0.4, -0.2) is 22.1 Å². The van der Waals surface area contributed by atoms with Crippen LogP contribution in [0.15, 0.2) is 36.5 Å². The second-order valence-electron chi connectivity index (χ2n) is 7.52. The molecule has 0 radical (unpaired) electrons. The van der Waals surface area contributed by atoms with Gasteiger partial charge in [-0.25, -0.2) is 4.98 Å². The molecular weight excluding hydrogens is 258 g/mol. The van der Waals surface area contributed by atoms with Gasteiger partial charge < -0.3 is 10.6 Å². The molecule has 1 aromatic carbocycles. The number of nitrogens with zero attached hydrogens (tertiary/aromatic N) is 1. The Labute approximate surface area is 127 Å². The van der Waals surface area contributed by atoms with E-state index in [2.05, 4.69) is 73.6 Å². The smallest absolute Gasteiger partial charge is 0.134 e. The summed E-state index contributed by atoms with van der Waals surface area (Å²) in [5.74, 6) is 1.01. The van der Waals surface area contributed by atoms with Crippen LogP contribution in [-0.2, 0) is 0 Å². The van der Waals surface area contributed by atoms with E-state index in [9.17, 15) is 0 Å². The molecule has 1 saturated heterocycles. The normalized spacial score (nSPS) is 21.3. The summed E-state index contributed by atoms with van der Waals surface area (Å²) >= 11 is 0. The second-order valence-corrected chi connectivity index (χ2v) is 7.52. The molecular formula is C18H25N3. The molecule has 3 heteroatoms. The molecule has 3 nitrogen and oxygen atoms in total. The average Bonchev–Trinajstić information content (AvgIpc) is 2.35. The molecule has 21 heavy (non-hydrogen) atoms. The molecule has 0 amide bonds. The van der Waals surface area contributed by atoms with Crippen molar-refractivity contribution in [1.82, 2.24) is 10.3 Å². The number of hydrogen-bond acceptors (Lipinski definition) is 3. The third kappa shape index (κ3) is 3.18. The van der Waals surface area contributed by atoms with Crippen molar-refractivity contribution in [3.63, 3.8) is 0 Å². The molecule has 112 valence electrons. The van der Waals surface area contributed by atoms with E-state index in [-0.39, 0.29) is 11.1 Å². The zero-order valence-corrected chi connectivity index (χ0v) is 13.4. The number of benzene rings is 1. The van der Waals surface area contributed by atoms with Crippen LogP contribution in [0.25, 0.3) is 10.8 Å². The van der Waals surface area contributed by atoms with E-state index in [1.54, 1.807) is 0 Å². The molecule has 1 fully saturated rings. The van der Waals surface area contributed by atoms with Crippen LogP contribution in [0.5, 0.6) is 0 Å². The molecule has 2 aromatic rings. The fraction of sp³-hybridized carbons (Fsp3) is 0.500. The van der Waals surface area contributed by atoms with Crippen molar-refractivity contribution in [3.8, 4) is 0 Å². The summed E-state index contributed by atoms with van der Waals surface area (Å²) in [5, 5.41) is 9.85. The zero-order valence-electron chi connectivity index (χ0n) is 13.4. The minimum absolute atomic E-state index is 0.143. The molecule has 0 spiro atoms. The largest absolute Gasteiger partial charge is 0.367 e. The van der Waals surface area contributed by atoms with Gasteiger partial charge in [0.25, 0.3) is 0 Å². The van der Waals surface area contributed by atoms with Crippen molar-refractivity contribution in [1.29, 1.82) is 0 Å². The van der Waals surface area contributed by atoms with Crippen LogP contribution >= 0.6 is 0 Å². The molecule has 0 unspecified atom stereocenters. The van der Waals surface area contributed by atoms with Crippen molar-refractivity contribution < 1.29 is 0 Å². The van der Waals surface area contributed by atoms with Crippen molar-refractivity contribution in [2.24, 2.45) is 0 Å². The molecule has 1 aliphatic heterocycles. The third-order valence-corrected chi connectivity index (χ3v) is 4.20. The summed E-state index contributed by atoms with van der Waals surface area (Å²) < 4.78 is 0. The van der Waals surface area contributed by atoms with Crippen molar-refractivity contribution in [3.05, 3.63) is 36.5 Å². The van der Waals surface area contributed by atoms with E-state index in [0.717, 1.165) is 18.7 Å². The maximum Gasteiger partial charge on any atom is 0.134 e. The molecule has 0 bridgehead atoms. The summed E-state index contributed by atoms with van der Waals surface area (Å²) in [6.07, 6.45) is 4.09. The molecule has 2 N–H and O–H groups in total. The van der Waals surface area contributed by atoms with Crippen LogP contribution in [0.3, 0.4) is 0 Å². The standard InChI is InChI=1S/C18H25N3/c1-17(2)11-14(12-18(3,4)21-17)20-16-15-8-6-5-7-13(15)9-10-19-16/h5-10,14,21H,11-12H2,1-4H3,(H,19,20). The third-order valence-electron chi connectivity index (χ3n) is 4.20. The molecule has 2 heterocycles. The van der Waals surface area contributed by atoms with E-state index in [1.807, 2.05) is 6.20 Å². The quantitative estimate of drug-likeness (QED) is 0.876. The van der Waals surface area contributed by atoms with Crippen molar-refractivity contribution >= 4 is 16.6 Å². The predicted molar refractivity (Wildman–Crippen MR) is 89.7 cm³/mol.